The number of aryl methyl sites for hydroxylation is 1. The molecule has 2 heterocycles. The Labute approximate surface area is 113 Å². The number of pyridine rings is 1. The van der Waals surface area contributed by atoms with Gasteiger partial charge in [-0.3, -0.25) is 0 Å². The summed E-state index contributed by atoms with van der Waals surface area (Å²) in [5.74, 6) is -0.473. The molecule has 1 aromatic rings. The molecule has 3 heteroatoms. The fraction of sp³-hybridized carbons (Fsp3) is 0.312. The summed E-state index contributed by atoms with van der Waals surface area (Å²) in [6, 6.07) is 4.17. The van der Waals surface area contributed by atoms with E-state index in [1.807, 2.05) is 42.2 Å². The Morgan fingerprint density at radius 2 is 1.95 bits per heavy atom. The summed E-state index contributed by atoms with van der Waals surface area (Å²) in [6.45, 7) is 1.31. The Bertz CT molecular complexity index is 522. The highest BCUT2D eigenvalue weighted by molar-refractivity contribution is 5.49. The Balaban J connectivity index is 1.79. The molecule has 1 unspecified atom stereocenters. The molecule has 1 spiro atoms. The zero-order valence-electron chi connectivity index (χ0n) is 11.0. The third kappa shape index (κ3) is 2.53. The van der Waals surface area contributed by atoms with Gasteiger partial charge in [-0.2, -0.15) is 0 Å². The predicted octanol–water partition coefficient (Wildman–Crippen LogP) is 2.01. The molecule has 3 nitrogen and oxygen atoms in total. The van der Waals surface area contributed by atoms with Crippen molar-refractivity contribution in [1.82, 2.24) is 0 Å². The average Bonchev–Trinajstić information content (AvgIpc) is 2.89. The number of aromatic nitrogens is 1. The molecular weight excluding hydrogens is 238 g/mol. The lowest BCUT2D eigenvalue weighted by Gasteiger charge is -2.30. The highest BCUT2D eigenvalue weighted by Gasteiger charge is 2.40. The number of rotatable bonds is 2. The minimum absolute atomic E-state index is 0.119. The van der Waals surface area contributed by atoms with Crippen molar-refractivity contribution < 1.29 is 14.0 Å². The second-order valence-corrected chi connectivity index (χ2v) is 4.84. The Hall–Kier alpha value is -1.71. The predicted molar refractivity (Wildman–Crippen MR) is 73.1 cm³/mol. The van der Waals surface area contributed by atoms with Crippen LogP contribution in [0.1, 0.15) is 5.56 Å². The molecular formula is C16H18NO2+. The van der Waals surface area contributed by atoms with Gasteiger partial charge in [-0.05, 0) is 11.6 Å². The Kier molecular flexibility index (Phi) is 3.32. The number of hydrogen-bond donors (Lipinski definition) is 0. The van der Waals surface area contributed by atoms with Crippen LogP contribution in [0.3, 0.4) is 0 Å². The van der Waals surface area contributed by atoms with E-state index in [-0.39, 0.29) is 5.92 Å². The summed E-state index contributed by atoms with van der Waals surface area (Å²) in [6.07, 6.45) is 16.5. The average molecular weight is 256 g/mol. The molecule has 0 N–H and O–H groups in total. The third-order valence-electron chi connectivity index (χ3n) is 3.46. The van der Waals surface area contributed by atoms with E-state index >= 15 is 0 Å². The van der Waals surface area contributed by atoms with Gasteiger partial charge in [0.25, 0.3) is 0 Å². The van der Waals surface area contributed by atoms with Crippen molar-refractivity contribution in [3.8, 4) is 0 Å². The lowest BCUT2D eigenvalue weighted by molar-refractivity contribution is -0.671. The molecule has 1 aliphatic carbocycles. The first-order valence-electron chi connectivity index (χ1n) is 6.56. The van der Waals surface area contributed by atoms with E-state index < -0.39 is 5.79 Å². The summed E-state index contributed by atoms with van der Waals surface area (Å²) < 4.78 is 13.6. The maximum absolute atomic E-state index is 5.79. The van der Waals surface area contributed by atoms with Crippen molar-refractivity contribution in [2.24, 2.45) is 13.0 Å². The summed E-state index contributed by atoms with van der Waals surface area (Å²) in [5, 5.41) is 0. The minimum Gasteiger partial charge on any atom is -0.343 e. The van der Waals surface area contributed by atoms with Crippen LogP contribution in [0.25, 0.3) is 6.08 Å². The van der Waals surface area contributed by atoms with Crippen LogP contribution in [-0.4, -0.2) is 19.0 Å². The van der Waals surface area contributed by atoms with Gasteiger partial charge in [-0.15, -0.1) is 0 Å². The normalized spacial score (nSPS) is 24.6. The summed E-state index contributed by atoms with van der Waals surface area (Å²) in [4.78, 5) is 0. The van der Waals surface area contributed by atoms with E-state index in [0.717, 1.165) is 0 Å². The summed E-state index contributed by atoms with van der Waals surface area (Å²) >= 11 is 0. The molecule has 1 aliphatic heterocycles. The summed E-state index contributed by atoms with van der Waals surface area (Å²) in [7, 11) is 2.01. The van der Waals surface area contributed by atoms with Crippen LogP contribution in [0.4, 0.5) is 0 Å². The molecule has 1 fully saturated rings. The van der Waals surface area contributed by atoms with E-state index in [1.165, 1.54) is 5.56 Å². The van der Waals surface area contributed by atoms with E-state index in [0.29, 0.717) is 13.2 Å². The highest BCUT2D eigenvalue weighted by Crippen LogP contribution is 2.34. The monoisotopic (exact) mass is 256 g/mol. The van der Waals surface area contributed by atoms with Crippen LogP contribution in [0.2, 0.25) is 0 Å². The van der Waals surface area contributed by atoms with Gasteiger partial charge in [0.15, 0.2) is 18.2 Å². The number of allylic oxidation sites excluding steroid dienone is 2. The van der Waals surface area contributed by atoms with Crippen molar-refractivity contribution in [2.75, 3.05) is 13.2 Å². The van der Waals surface area contributed by atoms with E-state index in [2.05, 4.69) is 30.4 Å². The zero-order valence-corrected chi connectivity index (χ0v) is 11.0. The van der Waals surface area contributed by atoms with Gasteiger partial charge >= 0.3 is 0 Å². The maximum Gasteiger partial charge on any atom is 0.198 e. The quantitative estimate of drug-likeness (QED) is 0.755. The minimum atomic E-state index is -0.593. The Morgan fingerprint density at radius 1 is 1.21 bits per heavy atom. The molecule has 2 aliphatic rings. The summed E-state index contributed by atoms with van der Waals surface area (Å²) in [5.41, 5.74) is 1.18. The number of nitrogens with zero attached hydrogens (tertiary/aromatic N) is 1. The molecule has 0 radical (unpaired) electrons. The molecule has 1 aromatic heterocycles. The molecule has 0 amide bonds. The van der Waals surface area contributed by atoms with Gasteiger partial charge in [-0.25, -0.2) is 4.57 Å². The largest absolute Gasteiger partial charge is 0.343 e. The van der Waals surface area contributed by atoms with Crippen molar-refractivity contribution in [3.05, 3.63) is 60.5 Å². The molecule has 0 saturated carbocycles. The second-order valence-electron chi connectivity index (χ2n) is 4.84. The highest BCUT2D eigenvalue weighted by atomic mass is 16.7. The van der Waals surface area contributed by atoms with Crippen LogP contribution in [0.5, 0.6) is 0 Å². The Morgan fingerprint density at radius 3 is 2.68 bits per heavy atom. The van der Waals surface area contributed by atoms with Crippen molar-refractivity contribution >= 4 is 6.08 Å². The number of hydrogen-bond acceptors (Lipinski definition) is 2. The van der Waals surface area contributed by atoms with E-state index in [1.54, 1.807) is 0 Å². The van der Waals surface area contributed by atoms with Crippen LogP contribution < -0.4 is 4.57 Å². The first-order chi connectivity index (χ1) is 9.28. The van der Waals surface area contributed by atoms with Crippen LogP contribution in [0, 0.1) is 5.92 Å². The van der Waals surface area contributed by atoms with Crippen molar-refractivity contribution in [1.29, 1.82) is 0 Å². The molecule has 19 heavy (non-hydrogen) atoms. The SMILES string of the molecule is C[n+]1ccc(C=CC2C=CC=CC23OCCO3)cc1. The van der Waals surface area contributed by atoms with Gasteiger partial charge in [-0.1, -0.05) is 30.4 Å². The van der Waals surface area contributed by atoms with Crippen molar-refractivity contribution in [2.45, 2.75) is 5.79 Å². The fourth-order valence-electron chi connectivity index (χ4n) is 2.39. The maximum atomic E-state index is 5.79. The molecule has 0 bridgehead atoms. The van der Waals surface area contributed by atoms with Gasteiger partial charge in [0, 0.05) is 12.1 Å². The standard InChI is InChI=1S/C16H18NO2/c1-17-10-7-14(8-11-17)5-6-15-4-2-3-9-16(15)18-12-13-19-16/h2-11,15H,12-13H2,1H3/q+1. The van der Waals surface area contributed by atoms with Crippen LogP contribution in [-0.2, 0) is 16.5 Å². The zero-order chi connectivity index (χ0) is 13.1. The van der Waals surface area contributed by atoms with Gasteiger partial charge in [0.1, 0.15) is 7.05 Å². The first kappa shape index (κ1) is 12.3. The lowest BCUT2D eigenvalue weighted by atomic mass is 9.92. The van der Waals surface area contributed by atoms with E-state index in [4.69, 9.17) is 9.47 Å². The molecule has 0 aromatic carbocycles. The molecule has 3 rings (SSSR count). The topological polar surface area (TPSA) is 22.3 Å². The lowest BCUT2D eigenvalue weighted by Crippen LogP contribution is -2.36. The molecule has 98 valence electrons. The van der Waals surface area contributed by atoms with Gasteiger partial charge in [0.2, 0.25) is 0 Å². The van der Waals surface area contributed by atoms with E-state index in [9.17, 15) is 0 Å². The second kappa shape index (κ2) is 5.11. The van der Waals surface area contributed by atoms with Crippen LogP contribution >= 0.6 is 0 Å². The van der Waals surface area contributed by atoms with Gasteiger partial charge < -0.3 is 9.47 Å². The molecule has 1 saturated heterocycles. The smallest absolute Gasteiger partial charge is 0.198 e. The molecule has 1 atom stereocenters. The van der Waals surface area contributed by atoms with Gasteiger partial charge in [0.05, 0.1) is 19.1 Å². The first-order valence-corrected chi connectivity index (χ1v) is 6.56. The number of ether oxygens (including phenoxy) is 2. The van der Waals surface area contributed by atoms with Crippen molar-refractivity contribution in [3.63, 3.8) is 0 Å². The third-order valence-corrected chi connectivity index (χ3v) is 3.46. The fourth-order valence-corrected chi connectivity index (χ4v) is 2.39. The van der Waals surface area contributed by atoms with Crippen LogP contribution in [0.15, 0.2) is 54.9 Å².